The molecular weight excluding hydrogens is 332 g/mol. The molecule has 0 bridgehead atoms. The van der Waals surface area contributed by atoms with E-state index in [9.17, 15) is 9.59 Å². The average Bonchev–Trinajstić information content (AvgIpc) is 2.72. The molecular formula is C16H9BrN2O2. The Morgan fingerprint density at radius 3 is 2.14 bits per heavy atom. The number of imide groups is 1. The molecule has 0 radical (unpaired) electrons. The molecule has 1 heterocycles. The van der Waals surface area contributed by atoms with Crippen LogP contribution in [0.5, 0.6) is 0 Å². The van der Waals surface area contributed by atoms with Crippen molar-refractivity contribution in [2.45, 2.75) is 6.92 Å². The maximum atomic E-state index is 12.5. The van der Waals surface area contributed by atoms with Crippen molar-refractivity contribution in [3.8, 4) is 6.07 Å². The Kier molecular flexibility index (Phi) is 3.11. The Morgan fingerprint density at radius 2 is 1.67 bits per heavy atom. The molecule has 0 aliphatic carbocycles. The Hall–Kier alpha value is -2.45. The summed E-state index contributed by atoms with van der Waals surface area (Å²) in [6.07, 6.45) is 0. The van der Waals surface area contributed by atoms with Crippen LogP contribution in [0.1, 0.15) is 31.8 Å². The van der Waals surface area contributed by atoms with Gasteiger partial charge in [0, 0.05) is 4.47 Å². The molecule has 5 heteroatoms. The minimum atomic E-state index is -0.343. The van der Waals surface area contributed by atoms with Crippen LogP contribution in [0, 0.1) is 18.3 Å². The highest BCUT2D eigenvalue weighted by Crippen LogP contribution is 2.36. The molecule has 2 aromatic rings. The Bertz CT molecular complexity index is 778. The summed E-state index contributed by atoms with van der Waals surface area (Å²) in [6.45, 7) is 1.77. The lowest BCUT2D eigenvalue weighted by molar-refractivity contribution is 0.0925. The molecule has 0 unspecified atom stereocenters. The highest BCUT2D eigenvalue weighted by Gasteiger charge is 2.37. The van der Waals surface area contributed by atoms with Gasteiger partial charge in [-0.15, -0.1) is 0 Å². The van der Waals surface area contributed by atoms with Crippen LogP contribution in [0.2, 0.25) is 0 Å². The number of benzene rings is 2. The lowest BCUT2D eigenvalue weighted by Gasteiger charge is -2.18. The third-order valence-corrected chi connectivity index (χ3v) is 4.01. The van der Waals surface area contributed by atoms with Crippen molar-refractivity contribution in [2.24, 2.45) is 0 Å². The van der Waals surface area contributed by atoms with E-state index in [1.165, 1.54) is 0 Å². The van der Waals surface area contributed by atoms with E-state index in [0.29, 0.717) is 32.4 Å². The zero-order chi connectivity index (χ0) is 15.1. The second-order valence-electron chi connectivity index (χ2n) is 4.73. The number of nitrogens with zero attached hydrogens (tertiary/aromatic N) is 2. The Balaban J connectivity index is 2.19. The molecule has 1 aliphatic heterocycles. The number of nitriles is 1. The zero-order valence-corrected chi connectivity index (χ0v) is 12.6. The van der Waals surface area contributed by atoms with Crippen LogP contribution in [0.15, 0.2) is 40.9 Å². The molecule has 21 heavy (non-hydrogen) atoms. The summed E-state index contributed by atoms with van der Waals surface area (Å²) in [5, 5.41) is 8.97. The fraction of sp³-hybridized carbons (Fsp3) is 0.0625. The molecule has 1 aliphatic rings. The molecule has 0 atom stereocenters. The maximum absolute atomic E-state index is 12.5. The van der Waals surface area contributed by atoms with E-state index in [0.717, 1.165) is 4.90 Å². The summed E-state index contributed by atoms with van der Waals surface area (Å²) >= 11 is 3.35. The molecule has 0 saturated heterocycles. The molecule has 3 rings (SSSR count). The zero-order valence-electron chi connectivity index (χ0n) is 11.1. The minimum absolute atomic E-state index is 0.343. The predicted molar refractivity (Wildman–Crippen MR) is 81.2 cm³/mol. The summed E-state index contributed by atoms with van der Waals surface area (Å²) in [5.74, 6) is -0.687. The van der Waals surface area contributed by atoms with Crippen LogP contribution in [0.25, 0.3) is 0 Å². The van der Waals surface area contributed by atoms with E-state index in [1.54, 1.807) is 43.3 Å². The quantitative estimate of drug-likeness (QED) is 0.747. The molecule has 0 aromatic heterocycles. The van der Waals surface area contributed by atoms with Crippen LogP contribution >= 0.6 is 15.9 Å². The van der Waals surface area contributed by atoms with Gasteiger partial charge in [0.1, 0.15) is 0 Å². The molecule has 0 spiro atoms. The van der Waals surface area contributed by atoms with Gasteiger partial charge in [0.25, 0.3) is 11.8 Å². The van der Waals surface area contributed by atoms with Crippen LogP contribution in [-0.2, 0) is 0 Å². The Labute approximate surface area is 129 Å². The van der Waals surface area contributed by atoms with E-state index >= 15 is 0 Å². The van der Waals surface area contributed by atoms with Gasteiger partial charge in [-0.3, -0.25) is 9.59 Å². The van der Waals surface area contributed by atoms with E-state index in [4.69, 9.17) is 5.26 Å². The third-order valence-electron chi connectivity index (χ3n) is 3.40. The lowest BCUT2D eigenvalue weighted by Crippen LogP contribution is -2.30. The number of amides is 2. The molecule has 102 valence electrons. The van der Waals surface area contributed by atoms with Gasteiger partial charge >= 0.3 is 0 Å². The van der Waals surface area contributed by atoms with Crippen molar-refractivity contribution in [2.75, 3.05) is 4.90 Å². The van der Waals surface area contributed by atoms with E-state index in [-0.39, 0.29) is 11.8 Å². The van der Waals surface area contributed by atoms with E-state index < -0.39 is 0 Å². The first kappa shape index (κ1) is 13.5. The largest absolute Gasteiger partial charge is 0.268 e. The second-order valence-corrected chi connectivity index (χ2v) is 5.58. The SMILES string of the molecule is Cc1cc(C#N)cc(Br)c1N1C(=O)c2ccccc2C1=O. The number of fused-ring (bicyclic) bond motifs is 1. The van der Waals surface area contributed by atoms with Crippen LogP contribution in [0.3, 0.4) is 0 Å². The third kappa shape index (κ3) is 1.96. The number of hydrogen-bond donors (Lipinski definition) is 0. The van der Waals surface area contributed by atoms with Crippen LogP contribution in [-0.4, -0.2) is 11.8 Å². The monoisotopic (exact) mass is 340 g/mol. The summed E-state index contributed by atoms with van der Waals surface area (Å²) in [7, 11) is 0. The summed E-state index contributed by atoms with van der Waals surface area (Å²) in [5.41, 5.74) is 2.45. The van der Waals surface area contributed by atoms with Gasteiger partial charge in [-0.05, 0) is 52.7 Å². The van der Waals surface area contributed by atoms with Crippen molar-refractivity contribution in [1.29, 1.82) is 5.26 Å². The maximum Gasteiger partial charge on any atom is 0.266 e. The molecule has 0 N–H and O–H groups in total. The molecule has 4 nitrogen and oxygen atoms in total. The van der Waals surface area contributed by atoms with E-state index in [1.807, 2.05) is 6.07 Å². The second kappa shape index (κ2) is 4.83. The number of hydrogen-bond acceptors (Lipinski definition) is 3. The van der Waals surface area contributed by atoms with Crippen molar-refractivity contribution in [3.05, 3.63) is 63.1 Å². The number of carbonyl (C=O) groups is 2. The van der Waals surface area contributed by atoms with Gasteiger partial charge in [0.05, 0.1) is 28.4 Å². The van der Waals surface area contributed by atoms with Crippen LogP contribution < -0.4 is 4.90 Å². The highest BCUT2D eigenvalue weighted by molar-refractivity contribution is 9.10. The first-order valence-electron chi connectivity index (χ1n) is 6.22. The number of rotatable bonds is 1. The number of aryl methyl sites for hydroxylation is 1. The topological polar surface area (TPSA) is 61.2 Å². The molecule has 2 aromatic carbocycles. The van der Waals surface area contributed by atoms with Gasteiger partial charge in [0.2, 0.25) is 0 Å². The molecule has 0 saturated carbocycles. The van der Waals surface area contributed by atoms with Crippen LogP contribution in [0.4, 0.5) is 5.69 Å². The lowest BCUT2D eigenvalue weighted by atomic mass is 10.1. The summed E-state index contributed by atoms with van der Waals surface area (Å²) in [4.78, 5) is 26.1. The summed E-state index contributed by atoms with van der Waals surface area (Å²) < 4.78 is 0.550. The molecule has 0 fully saturated rings. The van der Waals surface area contributed by atoms with Gasteiger partial charge in [-0.25, -0.2) is 4.90 Å². The van der Waals surface area contributed by atoms with Crippen molar-refractivity contribution in [1.82, 2.24) is 0 Å². The van der Waals surface area contributed by atoms with Gasteiger partial charge in [-0.1, -0.05) is 12.1 Å². The number of halogens is 1. The van der Waals surface area contributed by atoms with Crippen molar-refractivity contribution < 1.29 is 9.59 Å². The first-order valence-corrected chi connectivity index (χ1v) is 7.02. The fourth-order valence-electron chi connectivity index (χ4n) is 2.48. The predicted octanol–water partition coefficient (Wildman–Crippen LogP) is 3.43. The van der Waals surface area contributed by atoms with Gasteiger partial charge < -0.3 is 0 Å². The minimum Gasteiger partial charge on any atom is -0.268 e. The normalized spacial score (nSPS) is 13.3. The van der Waals surface area contributed by atoms with Crippen molar-refractivity contribution >= 4 is 33.4 Å². The van der Waals surface area contributed by atoms with E-state index in [2.05, 4.69) is 15.9 Å². The summed E-state index contributed by atoms with van der Waals surface area (Å²) in [6, 6.07) is 12.1. The van der Waals surface area contributed by atoms with Gasteiger partial charge in [0.15, 0.2) is 0 Å². The number of anilines is 1. The smallest absolute Gasteiger partial charge is 0.266 e. The number of carbonyl (C=O) groups excluding carboxylic acids is 2. The average molecular weight is 341 g/mol. The standard InChI is InChI=1S/C16H9BrN2O2/c1-9-6-10(8-18)7-13(17)14(9)19-15(20)11-4-2-3-5-12(11)16(19)21/h2-7H,1H3. The molecule has 2 amide bonds. The van der Waals surface area contributed by atoms with Gasteiger partial charge in [-0.2, -0.15) is 5.26 Å². The fourth-order valence-corrected chi connectivity index (χ4v) is 3.21. The first-order chi connectivity index (χ1) is 10.0. The van der Waals surface area contributed by atoms with Crippen molar-refractivity contribution in [3.63, 3.8) is 0 Å². The highest BCUT2D eigenvalue weighted by atomic mass is 79.9. The Morgan fingerprint density at radius 1 is 1.10 bits per heavy atom.